The lowest BCUT2D eigenvalue weighted by molar-refractivity contribution is 0.770. The van der Waals surface area contributed by atoms with E-state index in [1.807, 2.05) is 49.7 Å². The van der Waals surface area contributed by atoms with Crippen molar-refractivity contribution in [2.75, 3.05) is 11.1 Å². The summed E-state index contributed by atoms with van der Waals surface area (Å²) in [5, 5.41) is 3.20. The number of aryl methyl sites for hydroxylation is 1. The van der Waals surface area contributed by atoms with Crippen LogP contribution in [-0.2, 0) is 0 Å². The van der Waals surface area contributed by atoms with Crippen molar-refractivity contribution in [2.45, 2.75) is 6.92 Å². The van der Waals surface area contributed by atoms with Crippen LogP contribution in [0.3, 0.4) is 0 Å². The standard InChI is InChI=1S/C15H16N6/c1-10-2-3-12(16)8-14(10)21-15-17-6-5-13(20-15)11-4-7-18-19-9-11/h2-9,18-19H,16H2,1H3,(H,17,20,21). The second kappa shape index (κ2) is 5.54. The van der Waals surface area contributed by atoms with Gasteiger partial charge < -0.3 is 21.9 Å². The topological polar surface area (TPSA) is 87.9 Å². The van der Waals surface area contributed by atoms with E-state index in [0.717, 1.165) is 22.5 Å². The fraction of sp³-hybridized carbons (Fsp3) is 0.0667. The molecule has 0 aliphatic carbocycles. The van der Waals surface area contributed by atoms with Gasteiger partial charge in [-0.1, -0.05) is 6.07 Å². The van der Waals surface area contributed by atoms with Crippen LogP contribution in [0.5, 0.6) is 0 Å². The average Bonchev–Trinajstić information content (AvgIpc) is 2.52. The Labute approximate surface area is 122 Å². The SMILES string of the molecule is Cc1ccc(N)cc1Nc1nccc(C2=CNNC=C2)n1. The third-order valence-electron chi connectivity index (χ3n) is 3.12. The highest BCUT2D eigenvalue weighted by molar-refractivity contribution is 5.73. The molecule has 0 amide bonds. The number of nitrogen functional groups attached to an aromatic ring is 1. The Morgan fingerprint density at radius 1 is 1.19 bits per heavy atom. The largest absolute Gasteiger partial charge is 0.399 e. The summed E-state index contributed by atoms with van der Waals surface area (Å²) in [5.41, 5.74) is 16.1. The molecule has 0 spiro atoms. The number of benzene rings is 1. The molecule has 0 unspecified atom stereocenters. The second-order valence-electron chi connectivity index (χ2n) is 4.69. The number of allylic oxidation sites excluding steroid dienone is 2. The maximum Gasteiger partial charge on any atom is 0.227 e. The molecule has 1 aromatic heterocycles. The van der Waals surface area contributed by atoms with E-state index in [1.54, 1.807) is 6.20 Å². The summed E-state index contributed by atoms with van der Waals surface area (Å²) in [5.74, 6) is 0.536. The minimum Gasteiger partial charge on any atom is -0.399 e. The zero-order valence-electron chi connectivity index (χ0n) is 11.6. The van der Waals surface area contributed by atoms with Crippen molar-refractivity contribution in [1.29, 1.82) is 0 Å². The first-order valence-electron chi connectivity index (χ1n) is 6.57. The highest BCUT2D eigenvalue weighted by Gasteiger charge is 2.06. The van der Waals surface area contributed by atoms with E-state index in [-0.39, 0.29) is 0 Å². The van der Waals surface area contributed by atoms with E-state index < -0.39 is 0 Å². The Hall–Kier alpha value is -3.02. The first-order chi connectivity index (χ1) is 10.2. The van der Waals surface area contributed by atoms with Crippen molar-refractivity contribution < 1.29 is 0 Å². The molecule has 2 aromatic rings. The lowest BCUT2D eigenvalue weighted by Gasteiger charge is -2.12. The molecule has 1 aromatic carbocycles. The van der Waals surface area contributed by atoms with Gasteiger partial charge in [-0.05, 0) is 36.8 Å². The third-order valence-corrected chi connectivity index (χ3v) is 3.12. The van der Waals surface area contributed by atoms with Gasteiger partial charge in [0.15, 0.2) is 0 Å². The van der Waals surface area contributed by atoms with Crippen LogP contribution < -0.4 is 21.9 Å². The van der Waals surface area contributed by atoms with Crippen molar-refractivity contribution in [2.24, 2.45) is 0 Å². The molecule has 2 heterocycles. The predicted molar refractivity (Wildman–Crippen MR) is 84.3 cm³/mol. The number of nitrogens with one attached hydrogen (secondary N) is 3. The van der Waals surface area contributed by atoms with E-state index in [2.05, 4.69) is 26.1 Å². The molecule has 0 atom stereocenters. The number of nitrogens with zero attached hydrogens (tertiary/aromatic N) is 2. The molecule has 106 valence electrons. The maximum absolute atomic E-state index is 5.81. The Kier molecular flexibility index (Phi) is 3.42. The van der Waals surface area contributed by atoms with Crippen LogP contribution >= 0.6 is 0 Å². The third kappa shape index (κ3) is 2.94. The van der Waals surface area contributed by atoms with Gasteiger partial charge in [-0.3, -0.25) is 0 Å². The van der Waals surface area contributed by atoms with Gasteiger partial charge in [-0.2, -0.15) is 0 Å². The Morgan fingerprint density at radius 3 is 2.90 bits per heavy atom. The second-order valence-corrected chi connectivity index (χ2v) is 4.69. The van der Waals surface area contributed by atoms with Gasteiger partial charge in [0.05, 0.1) is 5.69 Å². The molecular weight excluding hydrogens is 264 g/mol. The number of nitrogens with two attached hydrogens (primary N) is 1. The Balaban J connectivity index is 1.88. The molecule has 5 N–H and O–H groups in total. The molecule has 1 aliphatic heterocycles. The van der Waals surface area contributed by atoms with Gasteiger partial charge in [-0.15, -0.1) is 0 Å². The van der Waals surface area contributed by atoms with Gasteiger partial charge in [-0.25, -0.2) is 9.97 Å². The van der Waals surface area contributed by atoms with Crippen molar-refractivity contribution in [3.05, 3.63) is 60.2 Å². The first-order valence-corrected chi connectivity index (χ1v) is 6.57. The highest BCUT2D eigenvalue weighted by atomic mass is 15.3. The van der Waals surface area contributed by atoms with E-state index >= 15 is 0 Å². The van der Waals surface area contributed by atoms with Crippen LogP contribution in [-0.4, -0.2) is 9.97 Å². The van der Waals surface area contributed by atoms with Crippen LogP contribution in [0, 0.1) is 6.92 Å². The van der Waals surface area contributed by atoms with Crippen LogP contribution in [0.25, 0.3) is 5.57 Å². The zero-order chi connectivity index (χ0) is 14.7. The molecule has 6 heteroatoms. The molecule has 0 saturated carbocycles. The highest BCUT2D eigenvalue weighted by Crippen LogP contribution is 2.22. The fourth-order valence-electron chi connectivity index (χ4n) is 1.98. The molecule has 0 saturated heterocycles. The molecule has 0 bridgehead atoms. The van der Waals surface area contributed by atoms with Crippen LogP contribution in [0.4, 0.5) is 17.3 Å². The van der Waals surface area contributed by atoms with Crippen LogP contribution in [0.15, 0.2) is 48.9 Å². The smallest absolute Gasteiger partial charge is 0.227 e. The van der Waals surface area contributed by atoms with Gasteiger partial charge in [0.1, 0.15) is 0 Å². The molecule has 0 fully saturated rings. The van der Waals surface area contributed by atoms with Crippen molar-refractivity contribution in [1.82, 2.24) is 20.8 Å². The fourth-order valence-corrected chi connectivity index (χ4v) is 1.98. The van der Waals surface area contributed by atoms with Gasteiger partial charge in [0, 0.05) is 35.5 Å². The van der Waals surface area contributed by atoms with E-state index in [0.29, 0.717) is 11.6 Å². The summed E-state index contributed by atoms with van der Waals surface area (Å²) in [6, 6.07) is 7.56. The minimum atomic E-state index is 0.536. The van der Waals surface area contributed by atoms with Gasteiger partial charge >= 0.3 is 0 Å². The van der Waals surface area contributed by atoms with Gasteiger partial charge in [0.2, 0.25) is 5.95 Å². The zero-order valence-corrected chi connectivity index (χ0v) is 11.6. The number of rotatable bonds is 3. The Bertz CT molecular complexity index is 720. The molecule has 21 heavy (non-hydrogen) atoms. The summed E-state index contributed by atoms with van der Waals surface area (Å²) in [7, 11) is 0. The molecule has 1 aliphatic rings. The average molecular weight is 280 g/mol. The van der Waals surface area contributed by atoms with Crippen molar-refractivity contribution in [3.8, 4) is 0 Å². The maximum atomic E-state index is 5.81. The number of hydrazine groups is 1. The summed E-state index contributed by atoms with van der Waals surface area (Å²) >= 11 is 0. The summed E-state index contributed by atoms with van der Waals surface area (Å²) in [4.78, 5) is 8.76. The lowest BCUT2D eigenvalue weighted by Crippen LogP contribution is -2.23. The molecular formula is C15H16N6. The van der Waals surface area contributed by atoms with E-state index in [1.165, 1.54) is 0 Å². The molecule has 0 radical (unpaired) electrons. The lowest BCUT2D eigenvalue weighted by atomic mass is 10.2. The van der Waals surface area contributed by atoms with Gasteiger partial charge in [0.25, 0.3) is 0 Å². The normalized spacial score (nSPS) is 13.1. The van der Waals surface area contributed by atoms with E-state index in [4.69, 9.17) is 5.73 Å². The van der Waals surface area contributed by atoms with Crippen molar-refractivity contribution in [3.63, 3.8) is 0 Å². The number of anilines is 3. The summed E-state index contributed by atoms with van der Waals surface area (Å²) < 4.78 is 0. The molecule has 3 rings (SSSR count). The molecule has 6 nitrogen and oxygen atoms in total. The number of aromatic nitrogens is 2. The summed E-state index contributed by atoms with van der Waals surface area (Å²) in [6.45, 7) is 2.01. The summed E-state index contributed by atoms with van der Waals surface area (Å²) in [6.07, 6.45) is 7.32. The van der Waals surface area contributed by atoms with Crippen LogP contribution in [0.1, 0.15) is 11.3 Å². The van der Waals surface area contributed by atoms with Crippen molar-refractivity contribution >= 4 is 22.9 Å². The number of hydrogen-bond acceptors (Lipinski definition) is 6. The van der Waals surface area contributed by atoms with Crippen LogP contribution in [0.2, 0.25) is 0 Å². The number of hydrogen-bond donors (Lipinski definition) is 4. The Morgan fingerprint density at radius 2 is 2.10 bits per heavy atom. The minimum absolute atomic E-state index is 0.536. The quantitative estimate of drug-likeness (QED) is 0.644. The first kappa shape index (κ1) is 13.0. The predicted octanol–water partition coefficient (Wildman–Crippen LogP) is 2.07. The monoisotopic (exact) mass is 280 g/mol. The van der Waals surface area contributed by atoms with E-state index in [9.17, 15) is 0 Å².